The molecule has 130 valence electrons. The fourth-order valence-electron chi connectivity index (χ4n) is 3.76. The smallest absolute Gasteiger partial charge is 0.307 e. The summed E-state index contributed by atoms with van der Waals surface area (Å²) in [4.78, 5) is 24.2. The third-order valence-corrected chi connectivity index (χ3v) is 5.00. The van der Waals surface area contributed by atoms with E-state index in [1.54, 1.807) is 0 Å². The molecule has 0 radical (unpaired) electrons. The Morgan fingerprint density at radius 2 is 1.96 bits per heavy atom. The van der Waals surface area contributed by atoms with Crippen LogP contribution in [0.15, 0.2) is 30.3 Å². The Morgan fingerprint density at radius 3 is 2.71 bits per heavy atom. The van der Waals surface area contributed by atoms with Gasteiger partial charge in [-0.25, -0.2) is 0 Å². The van der Waals surface area contributed by atoms with Crippen molar-refractivity contribution in [2.75, 3.05) is 13.2 Å². The summed E-state index contributed by atoms with van der Waals surface area (Å²) >= 11 is 0. The lowest BCUT2D eigenvalue weighted by atomic mass is 9.75. The van der Waals surface area contributed by atoms with Gasteiger partial charge in [0, 0.05) is 6.54 Å². The van der Waals surface area contributed by atoms with E-state index in [1.165, 1.54) is 0 Å². The highest BCUT2D eigenvalue weighted by Gasteiger charge is 2.52. The van der Waals surface area contributed by atoms with Gasteiger partial charge in [0.25, 0.3) is 0 Å². The zero-order valence-electron chi connectivity index (χ0n) is 14.0. The van der Waals surface area contributed by atoms with Crippen LogP contribution < -0.4 is 5.32 Å². The highest BCUT2D eigenvalue weighted by atomic mass is 16.6. The third-order valence-electron chi connectivity index (χ3n) is 5.00. The maximum absolute atomic E-state index is 12.5. The van der Waals surface area contributed by atoms with Crippen LogP contribution in [0.25, 0.3) is 0 Å². The minimum atomic E-state index is -0.551. The summed E-state index contributed by atoms with van der Waals surface area (Å²) in [5.41, 5.74) is 0.560. The second kappa shape index (κ2) is 7.79. The molecule has 1 spiro atoms. The molecule has 1 N–H and O–H groups in total. The first kappa shape index (κ1) is 17.0. The highest BCUT2D eigenvalue weighted by Crippen LogP contribution is 2.44. The molecule has 1 saturated heterocycles. The molecule has 2 fully saturated rings. The lowest BCUT2D eigenvalue weighted by molar-refractivity contribution is -0.153. The number of benzene rings is 1. The monoisotopic (exact) mass is 331 g/mol. The van der Waals surface area contributed by atoms with Crippen molar-refractivity contribution in [2.45, 2.75) is 50.7 Å². The molecule has 1 aliphatic carbocycles. The van der Waals surface area contributed by atoms with Crippen molar-refractivity contribution < 1.29 is 19.1 Å². The molecule has 1 aliphatic heterocycles. The minimum absolute atomic E-state index is 0.0777. The molecule has 1 amide bonds. The first-order valence-corrected chi connectivity index (χ1v) is 8.81. The number of carbonyl (C=O) groups excluding carboxylic acids is 2. The second-order valence-corrected chi connectivity index (χ2v) is 6.69. The molecular formula is C19H25NO4. The normalized spacial score (nSPS) is 22.3. The fraction of sp³-hybridized carbons (Fsp3) is 0.579. The van der Waals surface area contributed by atoms with Gasteiger partial charge in [-0.3, -0.25) is 9.59 Å². The van der Waals surface area contributed by atoms with Crippen LogP contribution in [0.2, 0.25) is 0 Å². The molecule has 1 atom stereocenters. The summed E-state index contributed by atoms with van der Waals surface area (Å²) in [7, 11) is 0. The lowest BCUT2D eigenvalue weighted by Gasteiger charge is -2.36. The van der Waals surface area contributed by atoms with Gasteiger partial charge in [-0.05, 0) is 31.2 Å². The Morgan fingerprint density at radius 1 is 1.21 bits per heavy atom. The average molecular weight is 331 g/mol. The van der Waals surface area contributed by atoms with Crippen molar-refractivity contribution >= 4 is 11.9 Å². The molecule has 2 aliphatic rings. The van der Waals surface area contributed by atoms with Gasteiger partial charge in [-0.2, -0.15) is 0 Å². The summed E-state index contributed by atoms with van der Waals surface area (Å²) in [5, 5.41) is 2.91. The molecule has 3 rings (SSSR count). The Bertz CT molecular complexity index is 566. The number of hydrogen-bond donors (Lipinski definition) is 1. The zero-order valence-corrected chi connectivity index (χ0v) is 14.0. The largest absolute Gasteiger partial charge is 0.458 e. The number of nitrogens with one attached hydrogen (secondary N) is 1. The Labute approximate surface area is 142 Å². The Kier molecular flexibility index (Phi) is 5.51. The number of esters is 1. The van der Waals surface area contributed by atoms with Crippen molar-refractivity contribution in [1.29, 1.82) is 0 Å². The van der Waals surface area contributed by atoms with E-state index < -0.39 is 5.60 Å². The first-order valence-electron chi connectivity index (χ1n) is 8.81. The van der Waals surface area contributed by atoms with Crippen LogP contribution in [0.4, 0.5) is 0 Å². The van der Waals surface area contributed by atoms with Gasteiger partial charge in [0.05, 0.1) is 25.6 Å². The molecule has 5 nitrogen and oxygen atoms in total. The zero-order chi connectivity index (χ0) is 16.8. The Hall–Kier alpha value is -1.88. The van der Waals surface area contributed by atoms with Crippen LogP contribution in [0.5, 0.6) is 0 Å². The van der Waals surface area contributed by atoms with E-state index in [4.69, 9.17) is 9.47 Å². The summed E-state index contributed by atoms with van der Waals surface area (Å²) in [6, 6.07) is 9.93. The van der Waals surface area contributed by atoms with E-state index in [9.17, 15) is 9.59 Å². The maximum atomic E-state index is 12.5. The molecule has 1 unspecified atom stereocenters. The van der Waals surface area contributed by atoms with Gasteiger partial charge in [-0.15, -0.1) is 0 Å². The predicted molar refractivity (Wildman–Crippen MR) is 89.1 cm³/mol. The number of ether oxygens (including phenoxy) is 2. The highest BCUT2D eigenvalue weighted by molar-refractivity contribution is 5.87. The molecule has 1 heterocycles. The van der Waals surface area contributed by atoms with Crippen LogP contribution in [0.3, 0.4) is 0 Å². The second-order valence-electron chi connectivity index (χ2n) is 6.69. The molecule has 0 aromatic heterocycles. The molecule has 1 aromatic rings. The van der Waals surface area contributed by atoms with Crippen molar-refractivity contribution in [3.8, 4) is 0 Å². The summed E-state index contributed by atoms with van der Waals surface area (Å²) in [5.74, 6) is -0.664. The minimum Gasteiger partial charge on any atom is -0.458 e. The summed E-state index contributed by atoms with van der Waals surface area (Å²) in [6.07, 6.45) is 5.02. The molecule has 1 saturated carbocycles. The molecule has 24 heavy (non-hydrogen) atoms. The molecule has 5 heteroatoms. The van der Waals surface area contributed by atoms with Crippen molar-refractivity contribution in [1.82, 2.24) is 5.32 Å². The van der Waals surface area contributed by atoms with E-state index in [1.807, 2.05) is 30.3 Å². The number of carbonyl (C=O) groups is 2. The summed E-state index contributed by atoms with van der Waals surface area (Å²) in [6.45, 7) is 1.44. The van der Waals surface area contributed by atoms with E-state index in [2.05, 4.69) is 5.32 Å². The summed E-state index contributed by atoms with van der Waals surface area (Å²) < 4.78 is 11.2. The van der Waals surface area contributed by atoms with E-state index in [0.717, 1.165) is 37.7 Å². The number of hydrogen-bond acceptors (Lipinski definition) is 4. The van der Waals surface area contributed by atoms with Crippen LogP contribution in [0, 0.1) is 5.92 Å². The van der Waals surface area contributed by atoms with Crippen molar-refractivity contribution in [3.63, 3.8) is 0 Å². The molecular weight excluding hydrogens is 306 g/mol. The van der Waals surface area contributed by atoms with Crippen LogP contribution in [-0.2, 0) is 25.7 Å². The van der Waals surface area contributed by atoms with Crippen molar-refractivity contribution in [2.24, 2.45) is 5.92 Å². The van der Waals surface area contributed by atoms with Crippen LogP contribution in [-0.4, -0.2) is 30.6 Å². The fourth-order valence-corrected chi connectivity index (χ4v) is 3.76. The quantitative estimate of drug-likeness (QED) is 0.643. The molecule has 0 bridgehead atoms. The predicted octanol–water partition coefficient (Wildman–Crippen LogP) is 2.59. The van der Waals surface area contributed by atoms with Gasteiger partial charge in [0.1, 0.15) is 5.60 Å². The third kappa shape index (κ3) is 3.96. The molecule has 1 aromatic carbocycles. The van der Waals surface area contributed by atoms with Gasteiger partial charge >= 0.3 is 5.97 Å². The van der Waals surface area contributed by atoms with E-state index in [0.29, 0.717) is 19.8 Å². The van der Waals surface area contributed by atoms with Gasteiger partial charge < -0.3 is 14.8 Å². The standard InChI is InChI=1S/C19H25NO4/c21-17-13-16(19(24-17)9-5-2-6-10-19)18(22)20-11-12-23-14-15-7-3-1-4-8-15/h1,3-4,7-8,16H,2,5-6,9-14H2,(H,20,22). The maximum Gasteiger partial charge on any atom is 0.307 e. The van der Waals surface area contributed by atoms with Crippen LogP contribution >= 0.6 is 0 Å². The van der Waals surface area contributed by atoms with Gasteiger partial charge in [-0.1, -0.05) is 36.8 Å². The topological polar surface area (TPSA) is 64.6 Å². The first-order chi connectivity index (χ1) is 11.7. The van der Waals surface area contributed by atoms with Gasteiger partial charge in [0.2, 0.25) is 5.91 Å². The van der Waals surface area contributed by atoms with Crippen molar-refractivity contribution in [3.05, 3.63) is 35.9 Å². The van der Waals surface area contributed by atoms with E-state index >= 15 is 0 Å². The van der Waals surface area contributed by atoms with E-state index in [-0.39, 0.29) is 24.2 Å². The Balaban J connectivity index is 1.43. The number of rotatable bonds is 6. The number of amides is 1. The average Bonchev–Trinajstić information content (AvgIpc) is 2.91. The lowest BCUT2D eigenvalue weighted by Crippen LogP contribution is -2.46. The SMILES string of the molecule is O=C1CC(C(=O)NCCOCc2ccccc2)C2(CCCCC2)O1. The van der Waals surface area contributed by atoms with Crippen LogP contribution in [0.1, 0.15) is 44.1 Å². The van der Waals surface area contributed by atoms with Gasteiger partial charge in [0.15, 0.2) is 0 Å².